The second-order valence-corrected chi connectivity index (χ2v) is 6.36. The number of nitrogens with zero attached hydrogens (tertiary/aromatic N) is 1. The number of hydrogen-bond donors (Lipinski definition) is 3. The van der Waals surface area contributed by atoms with Gasteiger partial charge in [-0.1, -0.05) is 31.2 Å². The molecule has 0 radical (unpaired) electrons. The second kappa shape index (κ2) is 10.6. The van der Waals surface area contributed by atoms with Crippen molar-refractivity contribution in [3.8, 4) is 0 Å². The molecule has 0 aliphatic rings. The molecule has 0 aliphatic heterocycles. The van der Waals surface area contributed by atoms with Crippen molar-refractivity contribution < 1.29 is 9.52 Å². The van der Waals surface area contributed by atoms with Crippen molar-refractivity contribution in [2.45, 2.75) is 46.3 Å². The van der Waals surface area contributed by atoms with Gasteiger partial charge in [0.1, 0.15) is 17.1 Å². The minimum absolute atomic E-state index is 0. The van der Waals surface area contributed by atoms with Crippen molar-refractivity contribution in [1.82, 2.24) is 10.6 Å². The van der Waals surface area contributed by atoms with E-state index in [-0.39, 0.29) is 24.0 Å². The highest BCUT2D eigenvalue weighted by molar-refractivity contribution is 14.0. The number of rotatable bonds is 7. The first-order valence-electron chi connectivity index (χ1n) is 8.84. The molecule has 2 rings (SSSR count). The SMILES string of the molecule is CCNC(=NCc1ccccc1CC)NCC(C)(O)c1ccc(C)o1.I. The van der Waals surface area contributed by atoms with E-state index in [0.717, 1.165) is 18.7 Å². The summed E-state index contributed by atoms with van der Waals surface area (Å²) in [5.74, 6) is 2.01. The molecule has 0 saturated heterocycles. The van der Waals surface area contributed by atoms with E-state index in [1.807, 2.05) is 26.0 Å². The van der Waals surface area contributed by atoms with Gasteiger partial charge in [-0.25, -0.2) is 4.99 Å². The summed E-state index contributed by atoms with van der Waals surface area (Å²) in [6.07, 6.45) is 0.988. The van der Waals surface area contributed by atoms with Gasteiger partial charge in [0.25, 0.3) is 0 Å². The lowest BCUT2D eigenvalue weighted by atomic mass is 10.0. The largest absolute Gasteiger partial charge is 0.463 e. The summed E-state index contributed by atoms with van der Waals surface area (Å²) in [6.45, 7) is 9.42. The third kappa shape index (κ3) is 6.32. The maximum absolute atomic E-state index is 10.6. The molecule has 5 nitrogen and oxygen atoms in total. The Morgan fingerprint density at radius 2 is 1.81 bits per heavy atom. The number of nitrogens with one attached hydrogen (secondary N) is 2. The lowest BCUT2D eigenvalue weighted by molar-refractivity contribution is 0.0378. The predicted octanol–water partition coefficient (Wildman–Crippen LogP) is 3.73. The molecule has 144 valence electrons. The fourth-order valence-corrected chi connectivity index (χ4v) is 2.63. The Hall–Kier alpha value is -1.54. The molecule has 2 aromatic rings. The maximum Gasteiger partial charge on any atom is 0.191 e. The molecule has 0 saturated carbocycles. The summed E-state index contributed by atoms with van der Waals surface area (Å²) in [5.41, 5.74) is 1.42. The summed E-state index contributed by atoms with van der Waals surface area (Å²) in [6, 6.07) is 12.0. The van der Waals surface area contributed by atoms with Crippen LogP contribution >= 0.6 is 24.0 Å². The summed E-state index contributed by atoms with van der Waals surface area (Å²) in [7, 11) is 0. The van der Waals surface area contributed by atoms with Crippen LogP contribution in [0.5, 0.6) is 0 Å². The minimum atomic E-state index is -1.11. The molecule has 1 aromatic carbocycles. The Kier molecular flexibility index (Phi) is 9.15. The molecule has 0 amide bonds. The van der Waals surface area contributed by atoms with Gasteiger partial charge in [0.05, 0.1) is 13.1 Å². The van der Waals surface area contributed by atoms with Gasteiger partial charge in [0.15, 0.2) is 5.96 Å². The summed E-state index contributed by atoms with van der Waals surface area (Å²) in [4.78, 5) is 4.65. The quantitative estimate of drug-likeness (QED) is 0.327. The van der Waals surface area contributed by atoms with E-state index in [2.05, 4.69) is 40.7 Å². The van der Waals surface area contributed by atoms with Gasteiger partial charge in [-0.05, 0) is 50.5 Å². The molecule has 0 spiro atoms. The molecule has 0 bridgehead atoms. The topological polar surface area (TPSA) is 69.8 Å². The number of aryl methyl sites for hydroxylation is 2. The number of aliphatic imine (C=N–C) groups is 1. The van der Waals surface area contributed by atoms with E-state index in [0.29, 0.717) is 24.8 Å². The van der Waals surface area contributed by atoms with Gasteiger partial charge in [-0.3, -0.25) is 0 Å². The fraction of sp³-hybridized carbons (Fsp3) is 0.450. The molecule has 6 heteroatoms. The van der Waals surface area contributed by atoms with Gasteiger partial charge in [-0.2, -0.15) is 0 Å². The van der Waals surface area contributed by atoms with Crippen LogP contribution in [0.15, 0.2) is 45.8 Å². The van der Waals surface area contributed by atoms with E-state index in [4.69, 9.17) is 4.42 Å². The van der Waals surface area contributed by atoms with Gasteiger partial charge in [0.2, 0.25) is 0 Å². The third-order valence-electron chi connectivity index (χ3n) is 4.12. The first-order chi connectivity index (χ1) is 12.0. The molecule has 0 fully saturated rings. The first kappa shape index (κ1) is 22.5. The lowest BCUT2D eigenvalue weighted by Crippen LogP contribution is -2.44. The van der Waals surface area contributed by atoms with Crippen LogP contribution < -0.4 is 10.6 Å². The molecule has 1 heterocycles. The van der Waals surface area contributed by atoms with Crippen molar-refractivity contribution >= 4 is 29.9 Å². The van der Waals surface area contributed by atoms with Crippen LogP contribution in [0.25, 0.3) is 0 Å². The Balaban J connectivity index is 0.00000338. The Labute approximate surface area is 173 Å². The normalized spacial score (nSPS) is 13.7. The standard InChI is InChI=1S/C20H29N3O2.HI/c1-5-16-9-7-8-10-17(16)13-22-19(21-6-2)23-14-20(4,24)18-12-11-15(3)25-18;/h7-12,24H,5-6,13-14H2,1-4H3,(H2,21,22,23);1H. The summed E-state index contributed by atoms with van der Waals surface area (Å²) >= 11 is 0. The molecule has 1 aromatic heterocycles. The van der Waals surface area contributed by atoms with Crippen LogP contribution in [0.2, 0.25) is 0 Å². The van der Waals surface area contributed by atoms with Crippen LogP contribution in [0, 0.1) is 6.92 Å². The lowest BCUT2D eigenvalue weighted by Gasteiger charge is -2.23. The number of aliphatic hydroxyl groups is 1. The van der Waals surface area contributed by atoms with Crippen molar-refractivity contribution in [1.29, 1.82) is 0 Å². The average molecular weight is 471 g/mol. The zero-order valence-corrected chi connectivity index (χ0v) is 18.3. The number of benzene rings is 1. The Morgan fingerprint density at radius 3 is 2.38 bits per heavy atom. The molecule has 3 N–H and O–H groups in total. The van der Waals surface area contributed by atoms with Crippen LogP contribution in [0.4, 0.5) is 0 Å². The number of furan rings is 1. The monoisotopic (exact) mass is 471 g/mol. The molecular weight excluding hydrogens is 441 g/mol. The van der Waals surface area contributed by atoms with Crippen molar-refractivity contribution in [3.63, 3.8) is 0 Å². The van der Waals surface area contributed by atoms with Crippen LogP contribution in [-0.2, 0) is 18.6 Å². The third-order valence-corrected chi connectivity index (χ3v) is 4.12. The highest BCUT2D eigenvalue weighted by Crippen LogP contribution is 2.21. The number of guanidine groups is 1. The molecular formula is C20H30IN3O2. The van der Waals surface area contributed by atoms with E-state index in [1.165, 1.54) is 11.1 Å². The van der Waals surface area contributed by atoms with Crippen LogP contribution in [0.3, 0.4) is 0 Å². The van der Waals surface area contributed by atoms with E-state index in [9.17, 15) is 5.11 Å². The van der Waals surface area contributed by atoms with Crippen molar-refractivity contribution in [2.24, 2.45) is 4.99 Å². The molecule has 26 heavy (non-hydrogen) atoms. The van der Waals surface area contributed by atoms with Crippen LogP contribution in [0.1, 0.15) is 43.4 Å². The predicted molar refractivity (Wildman–Crippen MR) is 117 cm³/mol. The molecule has 1 atom stereocenters. The van der Waals surface area contributed by atoms with Gasteiger partial charge in [0, 0.05) is 6.54 Å². The van der Waals surface area contributed by atoms with E-state index in [1.54, 1.807) is 13.0 Å². The van der Waals surface area contributed by atoms with Gasteiger partial charge in [-0.15, -0.1) is 24.0 Å². The highest BCUT2D eigenvalue weighted by atomic mass is 127. The Morgan fingerprint density at radius 1 is 1.12 bits per heavy atom. The minimum Gasteiger partial charge on any atom is -0.463 e. The second-order valence-electron chi connectivity index (χ2n) is 6.36. The number of halogens is 1. The molecule has 0 aliphatic carbocycles. The van der Waals surface area contributed by atoms with E-state index < -0.39 is 5.60 Å². The smallest absolute Gasteiger partial charge is 0.191 e. The van der Waals surface area contributed by atoms with Gasteiger partial charge >= 0.3 is 0 Å². The van der Waals surface area contributed by atoms with Gasteiger partial charge < -0.3 is 20.2 Å². The zero-order valence-electron chi connectivity index (χ0n) is 16.0. The van der Waals surface area contributed by atoms with Crippen molar-refractivity contribution in [3.05, 3.63) is 59.0 Å². The molecule has 1 unspecified atom stereocenters. The average Bonchev–Trinajstić information content (AvgIpc) is 3.05. The van der Waals surface area contributed by atoms with Crippen LogP contribution in [-0.4, -0.2) is 24.2 Å². The summed E-state index contributed by atoms with van der Waals surface area (Å²) < 4.78 is 5.55. The zero-order chi connectivity index (χ0) is 18.3. The first-order valence-corrected chi connectivity index (χ1v) is 8.84. The Bertz CT molecular complexity index is 711. The number of hydrogen-bond acceptors (Lipinski definition) is 3. The summed E-state index contributed by atoms with van der Waals surface area (Å²) in [5, 5.41) is 17.1. The maximum atomic E-state index is 10.6. The van der Waals surface area contributed by atoms with Crippen molar-refractivity contribution in [2.75, 3.05) is 13.1 Å². The highest BCUT2D eigenvalue weighted by Gasteiger charge is 2.27. The fourth-order valence-electron chi connectivity index (χ4n) is 2.63. The van der Waals surface area contributed by atoms with E-state index >= 15 is 0 Å².